The van der Waals surface area contributed by atoms with Crippen molar-refractivity contribution in [3.63, 3.8) is 0 Å². The van der Waals surface area contributed by atoms with Crippen molar-refractivity contribution in [2.75, 3.05) is 36.2 Å². The molecule has 0 atom stereocenters. The molecule has 0 radical (unpaired) electrons. The predicted octanol–water partition coefficient (Wildman–Crippen LogP) is 1.66. The number of carbonyl (C=O) groups is 2. The van der Waals surface area contributed by atoms with E-state index in [0.717, 1.165) is 34.0 Å². The molecule has 1 heterocycles. The summed E-state index contributed by atoms with van der Waals surface area (Å²) in [5, 5.41) is 13.3. The van der Waals surface area contributed by atoms with E-state index in [4.69, 9.17) is 0 Å². The van der Waals surface area contributed by atoms with Gasteiger partial charge in [0.15, 0.2) is 4.34 Å². The summed E-state index contributed by atoms with van der Waals surface area (Å²) in [5.41, 5.74) is 1.92. The molecule has 2 N–H and O–H groups in total. The molecule has 0 aliphatic carbocycles. The second-order valence-electron chi connectivity index (χ2n) is 5.83. The molecule has 152 valence electrons. The van der Waals surface area contributed by atoms with Gasteiger partial charge >= 0.3 is 0 Å². The maximum Gasteiger partial charge on any atom is 0.241 e. The van der Waals surface area contributed by atoms with Gasteiger partial charge in [-0.25, -0.2) is 8.42 Å². The fraction of sp³-hybridized carbons (Fsp3) is 0.375. The second kappa shape index (κ2) is 9.96. The van der Waals surface area contributed by atoms with E-state index in [1.807, 2.05) is 24.3 Å². The first-order valence-electron chi connectivity index (χ1n) is 8.23. The molecule has 0 fully saturated rings. The van der Waals surface area contributed by atoms with Crippen LogP contribution in [0, 0.1) is 0 Å². The Morgan fingerprint density at radius 2 is 1.82 bits per heavy atom. The Hall–Kier alpha value is -2.02. The molecule has 0 saturated carbocycles. The molecule has 0 saturated heterocycles. The van der Waals surface area contributed by atoms with E-state index in [0.29, 0.717) is 4.34 Å². The average Bonchev–Trinajstić information content (AvgIpc) is 3.07. The summed E-state index contributed by atoms with van der Waals surface area (Å²) >= 11 is 2.31. The number of likely N-dealkylation sites (N-methyl/N-ethyl adjacent to an activating group) is 1. The molecule has 1 aromatic heterocycles. The smallest absolute Gasteiger partial charge is 0.241 e. The van der Waals surface area contributed by atoms with Gasteiger partial charge in [-0.3, -0.25) is 14.9 Å². The minimum Gasteiger partial charge on any atom is -0.325 e. The molecule has 0 aliphatic rings. The van der Waals surface area contributed by atoms with Gasteiger partial charge in [-0.2, -0.15) is 4.31 Å². The number of nitrogens with zero attached hydrogens (tertiary/aromatic N) is 3. The predicted molar refractivity (Wildman–Crippen MR) is 111 cm³/mol. The van der Waals surface area contributed by atoms with Crippen LogP contribution in [0.2, 0.25) is 0 Å². The number of amides is 2. The van der Waals surface area contributed by atoms with E-state index >= 15 is 0 Å². The number of aryl methyl sites for hydroxylation is 1. The third kappa shape index (κ3) is 7.19. The maximum absolute atomic E-state index is 12.0. The lowest BCUT2D eigenvalue weighted by Crippen LogP contribution is -2.34. The van der Waals surface area contributed by atoms with Crippen LogP contribution in [0.5, 0.6) is 0 Å². The zero-order chi connectivity index (χ0) is 20.7. The minimum atomic E-state index is -3.44. The lowest BCUT2D eigenvalue weighted by molar-refractivity contribution is -0.116. The Labute approximate surface area is 172 Å². The standard InChI is InChI=1S/C16H21N5O4S3/c1-4-11-5-7-12(8-6-11)17-14(23)10-26-16-20-19-15(27-16)18-13(22)9-21(2)28(3,24)25/h5-8H,4,9-10H2,1-3H3,(H,17,23)(H,18,19,22). The summed E-state index contributed by atoms with van der Waals surface area (Å²) < 4.78 is 24.1. The van der Waals surface area contributed by atoms with Crippen molar-refractivity contribution in [1.29, 1.82) is 0 Å². The van der Waals surface area contributed by atoms with Gasteiger partial charge in [-0.1, -0.05) is 42.2 Å². The number of nitrogens with one attached hydrogen (secondary N) is 2. The highest BCUT2D eigenvalue weighted by atomic mass is 32.2. The number of anilines is 2. The van der Waals surface area contributed by atoms with Crippen LogP contribution < -0.4 is 10.6 Å². The summed E-state index contributed by atoms with van der Waals surface area (Å²) in [6.45, 7) is 1.74. The Balaban J connectivity index is 1.80. The van der Waals surface area contributed by atoms with Gasteiger partial charge in [0.1, 0.15) is 0 Å². The Kier molecular flexibility index (Phi) is 7.92. The highest BCUT2D eigenvalue weighted by Crippen LogP contribution is 2.25. The number of hydrogen-bond donors (Lipinski definition) is 2. The molecule has 2 aromatic rings. The zero-order valence-electron chi connectivity index (χ0n) is 15.6. The van der Waals surface area contributed by atoms with Gasteiger partial charge in [0, 0.05) is 12.7 Å². The number of benzene rings is 1. The van der Waals surface area contributed by atoms with E-state index in [1.165, 1.54) is 24.4 Å². The molecule has 0 aliphatic heterocycles. The number of hydrogen-bond acceptors (Lipinski definition) is 8. The van der Waals surface area contributed by atoms with Crippen LogP contribution in [-0.4, -0.2) is 60.3 Å². The number of sulfonamides is 1. The van der Waals surface area contributed by atoms with Crippen LogP contribution in [0.25, 0.3) is 0 Å². The van der Waals surface area contributed by atoms with E-state index in [9.17, 15) is 18.0 Å². The van der Waals surface area contributed by atoms with Crippen molar-refractivity contribution in [2.24, 2.45) is 0 Å². The molecule has 9 nitrogen and oxygen atoms in total. The molecule has 2 amide bonds. The van der Waals surface area contributed by atoms with E-state index in [-0.39, 0.29) is 23.3 Å². The lowest BCUT2D eigenvalue weighted by atomic mass is 10.1. The topological polar surface area (TPSA) is 121 Å². The first-order valence-corrected chi connectivity index (χ1v) is 11.9. The summed E-state index contributed by atoms with van der Waals surface area (Å²) in [7, 11) is -2.13. The number of rotatable bonds is 9. The van der Waals surface area contributed by atoms with Crippen LogP contribution in [0.3, 0.4) is 0 Å². The van der Waals surface area contributed by atoms with Crippen LogP contribution in [0.4, 0.5) is 10.8 Å². The van der Waals surface area contributed by atoms with Crippen molar-refractivity contribution >= 4 is 55.8 Å². The van der Waals surface area contributed by atoms with Gasteiger partial charge in [-0.05, 0) is 24.1 Å². The van der Waals surface area contributed by atoms with Crippen molar-refractivity contribution in [3.8, 4) is 0 Å². The third-order valence-corrected chi connectivity index (χ3v) is 6.79. The minimum absolute atomic E-state index is 0.148. The molecule has 0 spiro atoms. The van der Waals surface area contributed by atoms with Crippen LogP contribution in [-0.2, 0) is 26.0 Å². The number of aromatic nitrogens is 2. The first-order chi connectivity index (χ1) is 13.2. The Morgan fingerprint density at radius 1 is 1.14 bits per heavy atom. The highest BCUT2D eigenvalue weighted by molar-refractivity contribution is 8.01. The molecule has 0 unspecified atom stereocenters. The summed E-state index contributed by atoms with van der Waals surface area (Å²) in [6.07, 6.45) is 1.95. The van der Waals surface area contributed by atoms with Gasteiger partial charge < -0.3 is 5.32 Å². The summed E-state index contributed by atoms with van der Waals surface area (Å²) in [5.74, 6) is -0.548. The molecule has 1 aromatic carbocycles. The molecular formula is C16H21N5O4S3. The largest absolute Gasteiger partial charge is 0.325 e. The van der Waals surface area contributed by atoms with E-state index in [2.05, 4.69) is 27.8 Å². The lowest BCUT2D eigenvalue weighted by Gasteiger charge is -2.12. The van der Waals surface area contributed by atoms with Crippen molar-refractivity contribution in [3.05, 3.63) is 29.8 Å². The van der Waals surface area contributed by atoms with Crippen LogP contribution in [0.1, 0.15) is 12.5 Å². The monoisotopic (exact) mass is 443 g/mol. The van der Waals surface area contributed by atoms with E-state index < -0.39 is 15.9 Å². The first kappa shape index (κ1) is 22.3. The Bertz CT molecular complexity index is 928. The van der Waals surface area contributed by atoms with Crippen LogP contribution in [0.15, 0.2) is 28.6 Å². The van der Waals surface area contributed by atoms with Crippen molar-refractivity contribution in [2.45, 2.75) is 17.7 Å². The quantitative estimate of drug-likeness (QED) is 0.446. The fourth-order valence-electron chi connectivity index (χ4n) is 1.95. The SMILES string of the molecule is CCc1ccc(NC(=O)CSc2nnc(NC(=O)CN(C)S(C)(=O)=O)s2)cc1. The summed E-state index contributed by atoms with van der Waals surface area (Å²) in [4.78, 5) is 23.9. The van der Waals surface area contributed by atoms with Gasteiger partial charge in [0.05, 0.1) is 18.6 Å². The number of carbonyl (C=O) groups excluding carboxylic acids is 2. The van der Waals surface area contributed by atoms with Gasteiger partial charge in [0.25, 0.3) is 0 Å². The molecule has 12 heteroatoms. The van der Waals surface area contributed by atoms with Gasteiger partial charge in [0.2, 0.25) is 27.0 Å². The average molecular weight is 444 g/mol. The van der Waals surface area contributed by atoms with Crippen molar-refractivity contribution in [1.82, 2.24) is 14.5 Å². The third-order valence-electron chi connectivity index (χ3n) is 3.56. The highest BCUT2D eigenvalue weighted by Gasteiger charge is 2.17. The summed E-state index contributed by atoms with van der Waals surface area (Å²) in [6, 6.07) is 7.63. The zero-order valence-corrected chi connectivity index (χ0v) is 18.1. The molecular weight excluding hydrogens is 422 g/mol. The van der Waals surface area contributed by atoms with Gasteiger partial charge in [-0.15, -0.1) is 10.2 Å². The van der Waals surface area contributed by atoms with E-state index in [1.54, 1.807) is 0 Å². The van der Waals surface area contributed by atoms with Crippen molar-refractivity contribution < 1.29 is 18.0 Å². The second-order valence-corrected chi connectivity index (χ2v) is 10.1. The normalized spacial score (nSPS) is 11.4. The number of thioether (sulfide) groups is 1. The van der Waals surface area contributed by atoms with Crippen LogP contribution >= 0.6 is 23.1 Å². The fourth-order valence-corrected chi connectivity index (χ4v) is 3.86. The molecule has 2 rings (SSSR count). The molecule has 28 heavy (non-hydrogen) atoms. The molecule has 0 bridgehead atoms. The Morgan fingerprint density at radius 3 is 2.43 bits per heavy atom. The maximum atomic E-state index is 12.0.